The number of aromatic amines is 1. The number of hydrogen-bond acceptors (Lipinski definition) is 6. The van der Waals surface area contributed by atoms with Crippen molar-refractivity contribution in [1.29, 1.82) is 0 Å². The monoisotopic (exact) mass is 471 g/mol. The lowest BCUT2D eigenvalue weighted by atomic mass is 9.95. The number of fused-ring (bicyclic) bond motifs is 1. The molecule has 35 heavy (non-hydrogen) atoms. The average molecular weight is 472 g/mol. The summed E-state index contributed by atoms with van der Waals surface area (Å²) in [7, 11) is 4.57. The largest absolute Gasteiger partial charge is 0.502 e. The quantitative estimate of drug-likeness (QED) is 0.410. The average Bonchev–Trinajstić information content (AvgIpc) is 3.44. The van der Waals surface area contributed by atoms with Gasteiger partial charge in [0.1, 0.15) is 11.4 Å². The fourth-order valence-electron chi connectivity index (χ4n) is 4.53. The number of hydrogen-bond donors (Lipinski definition) is 2. The summed E-state index contributed by atoms with van der Waals surface area (Å²) in [5.74, 6) is 0.990. The number of methoxy groups -OCH3 is 3. The van der Waals surface area contributed by atoms with Crippen molar-refractivity contribution >= 4 is 5.91 Å². The minimum Gasteiger partial charge on any atom is -0.502 e. The Balaban J connectivity index is 1.69. The van der Waals surface area contributed by atoms with Gasteiger partial charge >= 0.3 is 0 Å². The van der Waals surface area contributed by atoms with Crippen molar-refractivity contribution in [1.82, 2.24) is 15.1 Å². The number of amides is 1. The van der Waals surface area contributed by atoms with Crippen LogP contribution in [0.25, 0.3) is 11.3 Å². The summed E-state index contributed by atoms with van der Waals surface area (Å²) >= 11 is 0. The molecule has 2 N–H and O–H groups in total. The first kappa shape index (κ1) is 22.3. The van der Waals surface area contributed by atoms with E-state index in [0.29, 0.717) is 17.9 Å². The van der Waals surface area contributed by atoms with Crippen LogP contribution in [0.15, 0.2) is 66.7 Å². The lowest BCUT2D eigenvalue weighted by Gasteiger charge is -2.27. The number of carbonyl (C=O) groups excluding carboxylic acids is 1. The first-order chi connectivity index (χ1) is 17.0. The van der Waals surface area contributed by atoms with E-state index in [4.69, 9.17) is 14.2 Å². The number of benzene rings is 3. The van der Waals surface area contributed by atoms with Gasteiger partial charge in [-0.3, -0.25) is 9.89 Å². The minimum absolute atomic E-state index is 0.0968. The standard InChI is InChI=1S/C27H25N3O5/c1-33-19-11-9-17(10-12-19)23-22-24(29-28-23)27(32)30(15-16-7-5-4-6-8-16)25(22)18-13-20(34-2)26(31)21(14-18)35-3/h4-14,25,31H,15H2,1-3H3,(H,28,29). The van der Waals surface area contributed by atoms with E-state index in [1.54, 1.807) is 24.1 Å². The van der Waals surface area contributed by atoms with Crippen LogP contribution in [0.1, 0.15) is 33.2 Å². The molecule has 0 radical (unpaired) electrons. The Bertz CT molecular complexity index is 1340. The number of ether oxygens (including phenoxy) is 3. The van der Waals surface area contributed by atoms with Gasteiger partial charge in [-0.25, -0.2) is 0 Å². The number of phenolic OH excluding ortho intramolecular Hbond substituents is 1. The lowest BCUT2D eigenvalue weighted by Crippen LogP contribution is -2.29. The van der Waals surface area contributed by atoms with Gasteiger partial charge in [-0.2, -0.15) is 5.10 Å². The fourth-order valence-corrected chi connectivity index (χ4v) is 4.53. The molecule has 1 amide bonds. The van der Waals surface area contributed by atoms with Crippen LogP contribution >= 0.6 is 0 Å². The molecule has 1 aromatic heterocycles. The summed E-state index contributed by atoms with van der Waals surface area (Å²) in [6.45, 7) is 0.389. The van der Waals surface area contributed by atoms with Crippen LogP contribution in [0.2, 0.25) is 0 Å². The van der Waals surface area contributed by atoms with Gasteiger partial charge in [-0.1, -0.05) is 30.3 Å². The maximum atomic E-state index is 13.6. The van der Waals surface area contributed by atoms with E-state index < -0.39 is 6.04 Å². The predicted molar refractivity (Wildman–Crippen MR) is 130 cm³/mol. The summed E-state index contributed by atoms with van der Waals surface area (Å²) in [6.07, 6.45) is 0. The highest BCUT2D eigenvalue weighted by Crippen LogP contribution is 2.47. The molecule has 3 aromatic carbocycles. The Hall–Kier alpha value is -4.46. The second-order valence-corrected chi connectivity index (χ2v) is 8.18. The molecule has 178 valence electrons. The van der Waals surface area contributed by atoms with Crippen LogP contribution < -0.4 is 14.2 Å². The maximum absolute atomic E-state index is 13.6. The molecule has 0 saturated carbocycles. The van der Waals surface area contributed by atoms with Crippen molar-refractivity contribution < 1.29 is 24.1 Å². The number of rotatable bonds is 7. The Labute approximate surface area is 202 Å². The van der Waals surface area contributed by atoms with Crippen LogP contribution in [0, 0.1) is 0 Å². The summed E-state index contributed by atoms with van der Waals surface area (Å²) in [4.78, 5) is 15.4. The minimum atomic E-state index is -0.489. The summed E-state index contributed by atoms with van der Waals surface area (Å²) in [6, 6.07) is 20.3. The fraction of sp³-hybridized carbons (Fsp3) is 0.185. The highest BCUT2D eigenvalue weighted by Gasteiger charge is 2.42. The van der Waals surface area contributed by atoms with E-state index in [-0.39, 0.29) is 23.2 Å². The number of phenols is 1. The lowest BCUT2D eigenvalue weighted by molar-refractivity contribution is 0.0729. The van der Waals surface area contributed by atoms with E-state index in [0.717, 1.165) is 28.0 Å². The van der Waals surface area contributed by atoms with Gasteiger partial charge in [0.25, 0.3) is 5.91 Å². The van der Waals surface area contributed by atoms with E-state index in [1.807, 2.05) is 54.6 Å². The molecule has 1 aliphatic heterocycles. The molecule has 8 nitrogen and oxygen atoms in total. The van der Waals surface area contributed by atoms with Crippen LogP contribution in [0.5, 0.6) is 23.0 Å². The highest BCUT2D eigenvalue weighted by molar-refractivity contribution is 6.00. The van der Waals surface area contributed by atoms with Gasteiger partial charge < -0.3 is 24.2 Å². The van der Waals surface area contributed by atoms with Crippen molar-refractivity contribution in [3.8, 4) is 34.3 Å². The second kappa shape index (κ2) is 9.06. The first-order valence-electron chi connectivity index (χ1n) is 11.1. The number of nitrogens with zero attached hydrogens (tertiary/aromatic N) is 2. The molecule has 1 unspecified atom stereocenters. The SMILES string of the molecule is COc1ccc(-c2n[nH]c3c2C(c2cc(OC)c(O)c(OC)c2)N(Cc2ccccc2)C3=O)cc1. The van der Waals surface area contributed by atoms with Gasteiger partial charge in [0, 0.05) is 17.7 Å². The zero-order valence-electron chi connectivity index (χ0n) is 19.6. The Kier molecular flexibility index (Phi) is 5.78. The Morgan fingerprint density at radius 3 is 2.20 bits per heavy atom. The molecule has 8 heteroatoms. The zero-order chi connectivity index (χ0) is 24.5. The van der Waals surface area contributed by atoms with Crippen molar-refractivity contribution in [2.24, 2.45) is 0 Å². The molecule has 1 atom stereocenters. The topological polar surface area (TPSA) is 96.9 Å². The van der Waals surface area contributed by atoms with Crippen molar-refractivity contribution in [2.75, 3.05) is 21.3 Å². The predicted octanol–water partition coefficient (Wildman–Crippen LogP) is 4.55. The van der Waals surface area contributed by atoms with Crippen molar-refractivity contribution in [3.05, 3.63) is 89.1 Å². The Morgan fingerprint density at radius 2 is 1.60 bits per heavy atom. The zero-order valence-corrected chi connectivity index (χ0v) is 19.6. The number of carbonyl (C=O) groups is 1. The molecule has 0 fully saturated rings. The van der Waals surface area contributed by atoms with Gasteiger partial charge in [0.2, 0.25) is 5.75 Å². The van der Waals surface area contributed by atoms with Crippen LogP contribution in [-0.2, 0) is 6.54 Å². The highest BCUT2D eigenvalue weighted by atomic mass is 16.5. The molecule has 0 saturated heterocycles. The van der Waals surface area contributed by atoms with Gasteiger partial charge in [-0.15, -0.1) is 0 Å². The third-order valence-corrected chi connectivity index (χ3v) is 6.24. The third kappa shape index (κ3) is 3.82. The third-order valence-electron chi connectivity index (χ3n) is 6.24. The van der Waals surface area contributed by atoms with E-state index in [9.17, 15) is 9.90 Å². The molecule has 5 rings (SSSR count). The van der Waals surface area contributed by atoms with Gasteiger partial charge in [0.15, 0.2) is 11.5 Å². The molecule has 2 heterocycles. The maximum Gasteiger partial charge on any atom is 0.273 e. The summed E-state index contributed by atoms with van der Waals surface area (Å²) in [5.41, 5.74) is 4.43. The Morgan fingerprint density at radius 1 is 0.943 bits per heavy atom. The van der Waals surface area contributed by atoms with Gasteiger partial charge in [-0.05, 0) is 47.5 Å². The number of aromatic hydroxyl groups is 1. The van der Waals surface area contributed by atoms with E-state index in [1.165, 1.54) is 14.2 Å². The summed E-state index contributed by atoms with van der Waals surface area (Å²) in [5, 5.41) is 18.0. The smallest absolute Gasteiger partial charge is 0.273 e. The first-order valence-corrected chi connectivity index (χ1v) is 11.1. The molecule has 4 aromatic rings. The van der Waals surface area contributed by atoms with Crippen molar-refractivity contribution in [2.45, 2.75) is 12.6 Å². The summed E-state index contributed by atoms with van der Waals surface area (Å²) < 4.78 is 16.1. The van der Waals surface area contributed by atoms with Crippen LogP contribution in [0.4, 0.5) is 0 Å². The van der Waals surface area contributed by atoms with E-state index >= 15 is 0 Å². The van der Waals surface area contributed by atoms with Gasteiger partial charge in [0.05, 0.1) is 33.1 Å². The van der Waals surface area contributed by atoms with Crippen LogP contribution in [-0.4, -0.2) is 47.4 Å². The molecule has 0 spiro atoms. The molecule has 0 aliphatic carbocycles. The molecule has 0 bridgehead atoms. The normalized spacial score (nSPS) is 14.7. The second-order valence-electron chi connectivity index (χ2n) is 8.18. The van der Waals surface area contributed by atoms with Crippen LogP contribution in [0.3, 0.4) is 0 Å². The molecular formula is C27H25N3O5. The number of H-pyrrole nitrogens is 1. The molecular weight excluding hydrogens is 446 g/mol. The number of aromatic nitrogens is 2. The number of nitrogens with one attached hydrogen (secondary N) is 1. The van der Waals surface area contributed by atoms with Crippen molar-refractivity contribution in [3.63, 3.8) is 0 Å². The molecule has 1 aliphatic rings. The van der Waals surface area contributed by atoms with E-state index in [2.05, 4.69) is 10.2 Å².